The number of benzene rings is 2. The molecule has 2 rings (SSSR count). The molecule has 0 radical (unpaired) electrons. The zero-order valence-corrected chi connectivity index (χ0v) is 10.4. The van der Waals surface area contributed by atoms with Crippen LogP contribution in [0.5, 0.6) is 5.75 Å². The van der Waals surface area contributed by atoms with Gasteiger partial charge in [0.2, 0.25) is 0 Å². The lowest BCUT2D eigenvalue weighted by atomic mass is 10.1. The first-order chi connectivity index (χ1) is 9.40. The first-order valence-corrected chi connectivity index (χ1v) is 5.64. The molecule has 0 aliphatic heterocycles. The largest absolute Gasteiger partial charge is 0.507 e. The number of phenolic OH excluding ortho intramolecular Hbond substituents is 1. The minimum Gasteiger partial charge on any atom is -0.507 e. The lowest BCUT2D eigenvalue weighted by Crippen LogP contribution is -2.14. The Morgan fingerprint density at radius 1 is 1.10 bits per heavy atom. The average molecular weight is 281 g/mol. The summed E-state index contributed by atoms with van der Waals surface area (Å²) in [6, 6.07) is 5.32. The second-order valence-corrected chi connectivity index (χ2v) is 4.17. The summed E-state index contributed by atoms with van der Waals surface area (Å²) >= 11 is 0. The van der Waals surface area contributed by atoms with E-state index in [2.05, 4.69) is 5.32 Å². The monoisotopic (exact) mass is 281 g/mol. The molecule has 0 fully saturated rings. The van der Waals surface area contributed by atoms with Crippen LogP contribution < -0.4 is 5.32 Å². The van der Waals surface area contributed by atoms with E-state index in [0.717, 1.165) is 0 Å². The standard InChI is InChI=1S/C14H10F3NO2/c1-7-3-2-4-8(13(7)19)14(20)18-12-6-10(16)9(15)5-11(12)17/h2-6,19H,1H3,(H,18,20). The third kappa shape index (κ3) is 2.59. The molecule has 0 heterocycles. The van der Waals surface area contributed by atoms with Gasteiger partial charge in [0.15, 0.2) is 11.6 Å². The number of carbonyl (C=O) groups is 1. The zero-order valence-electron chi connectivity index (χ0n) is 10.4. The maximum Gasteiger partial charge on any atom is 0.259 e. The Kier molecular flexibility index (Phi) is 3.65. The highest BCUT2D eigenvalue weighted by Crippen LogP contribution is 2.24. The maximum atomic E-state index is 13.4. The van der Waals surface area contributed by atoms with E-state index >= 15 is 0 Å². The van der Waals surface area contributed by atoms with Crippen molar-refractivity contribution in [1.29, 1.82) is 0 Å². The number of aryl methyl sites for hydroxylation is 1. The number of hydrogen-bond acceptors (Lipinski definition) is 2. The molecule has 2 N–H and O–H groups in total. The van der Waals surface area contributed by atoms with E-state index in [1.54, 1.807) is 13.0 Å². The molecular formula is C14H10F3NO2. The fourth-order valence-electron chi connectivity index (χ4n) is 1.65. The van der Waals surface area contributed by atoms with Gasteiger partial charge >= 0.3 is 0 Å². The Morgan fingerprint density at radius 2 is 1.75 bits per heavy atom. The summed E-state index contributed by atoms with van der Waals surface area (Å²) in [4.78, 5) is 11.9. The van der Waals surface area contributed by atoms with Crippen molar-refractivity contribution in [2.24, 2.45) is 0 Å². The van der Waals surface area contributed by atoms with Gasteiger partial charge in [-0.15, -0.1) is 0 Å². The fourth-order valence-corrected chi connectivity index (χ4v) is 1.65. The van der Waals surface area contributed by atoms with Crippen LogP contribution in [0, 0.1) is 24.4 Å². The highest BCUT2D eigenvalue weighted by molar-refractivity contribution is 6.06. The summed E-state index contributed by atoms with van der Waals surface area (Å²) in [7, 11) is 0. The molecule has 0 aliphatic rings. The van der Waals surface area contributed by atoms with Gasteiger partial charge in [-0.2, -0.15) is 0 Å². The normalized spacial score (nSPS) is 10.4. The van der Waals surface area contributed by atoms with Crippen molar-refractivity contribution >= 4 is 11.6 Å². The van der Waals surface area contributed by atoms with Gasteiger partial charge in [-0.05, 0) is 18.6 Å². The van der Waals surface area contributed by atoms with Crippen molar-refractivity contribution in [3.8, 4) is 5.75 Å². The number of rotatable bonds is 2. The van der Waals surface area contributed by atoms with Crippen molar-refractivity contribution < 1.29 is 23.1 Å². The Bertz CT molecular complexity index is 686. The minimum absolute atomic E-state index is 0.0888. The quantitative estimate of drug-likeness (QED) is 0.829. The molecule has 20 heavy (non-hydrogen) atoms. The van der Waals surface area contributed by atoms with Crippen LogP contribution in [0.25, 0.3) is 0 Å². The van der Waals surface area contributed by atoms with Crippen LogP contribution in [-0.4, -0.2) is 11.0 Å². The Balaban J connectivity index is 2.33. The second kappa shape index (κ2) is 5.24. The van der Waals surface area contributed by atoms with Gasteiger partial charge < -0.3 is 10.4 Å². The number of anilines is 1. The molecule has 0 aliphatic carbocycles. The number of amides is 1. The molecule has 0 atom stereocenters. The number of nitrogens with one attached hydrogen (secondary N) is 1. The molecule has 2 aromatic carbocycles. The highest BCUT2D eigenvalue weighted by Gasteiger charge is 2.16. The molecule has 0 aromatic heterocycles. The lowest BCUT2D eigenvalue weighted by Gasteiger charge is -2.09. The summed E-state index contributed by atoms with van der Waals surface area (Å²) in [5.41, 5.74) is -0.132. The van der Waals surface area contributed by atoms with E-state index in [-0.39, 0.29) is 11.3 Å². The first-order valence-electron chi connectivity index (χ1n) is 5.64. The van der Waals surface area contributed by atoms with Crippen LogP contribution >= 0.6 is 0 Å². The first kappa shape index (κ1) is 13.9. The van der Waals surface area contributed by atoms with Gasteiger partial charge in [0, 0.05) is 12.1 Å². The van der Waals surface area contributed by atoms with Crippen molar-refractivity contribution in [3.63, 3.8) is 0 Å². The van der Waals surface area contributed by atoms with E-state index < -0.39 is 29.0 Å². The second-order valence-electron chi connectivity index (χ2n) is 4.17. The van der Waals surface area contributed by atoms with Crippen LogP contribution in [0.1, 0.15) is 15.9 Å². The smallest absolute Gasteiger partial charge is 0.259 e. The highest BCUT2D eigenvalue weighted by atomic mass is 19.2. The van der Waals surface area contributed by atoms with Gasteiger partial charge in [0.1, 0.15) is 11.6 Å². The number of hydrogen-bond donors (Lipinski definition) is 2. The Hall–Kier alpha value is -2.50. The molecule has 0 spiro atoms. The van der Waals surface area contributed by atoms with Crippen LogP contribution in [0.3, 0.4) is 0 Å². The fraction of sp³-hybridized carbons (Fsp3) is 0.0714. The Morgan fingerprint density at radius 3 is 2.45 bits per heavy atom. The van der Waals surface area contributed by atoms with E-state index in [1.807, 2.05) is 0 Å². The maximum absolute atomic E-state index is 13.4. The van der Waals surface area contributed by atoms with Crippen LogP contribution in [0.15, 0.2) is 30.3 Å². The van der Waals surface area contributed by atoms with Gasteiger partial charge in [0.25, 0.3) is 5.91 Å². The molecule has 6 heteroatoms. The van der Waals surface area contributed by atoms with E-state index in [0.29, 0.717) is 17.7 Å². The topological polar surface area (TPSA) is 49.3 Å². The molecule has 0 saturated carbocycles. The summed E-state index contributed by atoms with van der Waals surface area (Å²) < 4.78 is 39.2. The van der Waals surface area contributed by atoms with Crippen LogP contribution in [0.4, 0.5) is 18.9 Å². The van der Waals surface area contributed by atoms with Gasteiger partial charge in [0.05, 0.1) is 11.3 Å². The molecule has 104 valence electrons. The van der Waals surface area contributed by atoms with Crippen molar-refractivity contribution in [1.82, 2.24) is 0 Å². The SMILES string of the molecule is Cc1cccc(C(=O)Nc2cc(F)c(F)cc2F)c1O. The summed E-state index contributed by atoms with van der Waals surface area (Å²) in [6.45, 7) is 1.59. The zero-order chi connectivity index (χ0) is 14.9. The third-order valence-corrected chi connectivity index (χ3v) is 2.74. The molecule has 1 amide bonds. The van der Waals surface area contributed by atoms with E-state index in [9.17, 15) is 23.1 Å². The number of phenols is 1. The summed E-state index contributed by atoms with van der Waals surface area (Å²) in [5.74, 6) is -4.82. The number of halogens is 3. The van der Waals surface area contributed by atoms with Gasteiger partial charge in [-0.3, -0.25) is 4.79 Å². The van der Waals surface area contributed by atoms with Crippen molar-refractivity contribution in [2.45, 2.75) is 6.92 Å². The summed E-state index contributed by atoms with van der Waals surface area (Å²) in [5, 5.41) is 11.8. The predicted octanol–water partition coefficient (Wildman–Crippen LogP) is 3.37. The van der Waals surface area contributed by atoms with Crippen LogP contribution in [0.2, 0.25) is 0 Å². The molecule has 0 unspecified atom stereocenters. The Labute approximate surface area is 112 Å². The van der Waals surface area contributed by atoms with Crippen molar-refractivity contribution in [2.75, 3.05) is 5.32 Å². The molecule has 0 bridgehead atoms. The van der Waals surface area contributed by atoms with E-state index in [1.165, 1.54) is 12.1 Å². The average Bonchev–Trinajstić information content (AvgIpc) is 2.39. The van der Waals surface area contributed by atoms with Gasteiger partial charge in [-0.1, -0.05) is 12.1 Å². The van der Waals surface area contributed by atoms with Crippen molar-refractivity contribution in [3.05, 3.63) is 58.9 Å². The minimum atomic E-state index is -1.35. The number of carbonyl (C=O) groups excluding carboxylic acids is 1. The predicted molar refractivity (Wildman–Crippen MR) is 67.1 cm³/mol. The summed E-state index contributed by atoms with van der Waals surface area (Å²) in [6.07, 6.45) is 0. The third-order valence-electron chi connectivity index (χ3n) is 2.74. The molecule has 2 aromatic rings. The van der Waals surface area contributed by atoms with Gasteiger partial charge in [-0.25, -0.2) is 13.2 Å². The molecule has 0 saturated heterocycles. The van der Waals surface area contributed by atoms with Crippen LogP contribution in [-0.2, 0) is 0 Å². The number of para-hydroxylation sites is 1. The molecule has 3 nitrogen and oxygen atoms in total. The lowest BCUT2D eigenvalue weighted by molar-refractivity contribution is 0.102. The number of aromatic hydroxyl groups is 1. The molecular weight excluding hydrogens is 271 g/mol. The van der Waals surface area contributed by atoms with E-state index in [4.69, 9.17) is 0 Å².